The molecule has 0 aliphatic heterocycles. The number of carbonyl (C=O) groups excluding carboxylic acids is 2. The lowest BCUT2D eigenvalue weighted by molar-refractivity contribution is -0.143. The Bertz CT molecular complexity index is 1040. The molecular formula is C66H131NO5. The molecule has 0 saturated heterocycles. The quantitative estimate of drug-likeness (QED) is 0.0417. The molecule has 6 nitrogen and oxygen atoms in total. The van der Waals surface area contributed by atoms with Crippen molar-refractivity contribution >= 4 is 11.9 Å². The molecule has 2 unspecified atom stereocenters. The molecule has 0 spiro atoms. The van der Waals surface area contributed by atoms with Crippen LogP contribution in [0.3, 0.4) is 0 Å². The first-order valence-corrected chi connectivity index (χ1v) is 33.3. The molecule has 0 rings (SSSR count). The van der Waals surface area contributed by atoms with Gasteiger partial charge in [0.15, 0.2) is 0 Å². The van der Waals surface area contributed by atoms with E-state index in [0.717, 1.165) is 38.5 Å². The SMILES string of the molecule is CCCCCCCCCCCCCCCCCCCC(=O)OCCCCCCCCCCCCCCCCCCCCCCCCCCCC(=O)NC(CO)C(O)CCCCCCCCCCCCCCC. The molecule has 430 valence electrons. The zero-order valence-corrected chi connectivity index (χ0v) is 49.2. The average molecular weight is 1020 g/mol. The summed E-state index contributed by atoms with van der Waals surface area (Å²) in [7, 11) is 0. The summed E-state index contributed by atoms with van der Waals surface area (Å²) in [5, 5.41) is 23.3. The summed E-state index contributed by atoms with van der Waals surface area (Å²) in [6, 6.07) is -0.538. The van der Waals surface area contributed by atoms with Crippen molar-refractivity contribution in [2.24, 2.45) is 0 Å². The maximum Gasteiger partial charge on any atom is 0.305 e. The Morgan fingerprint density at radius 3 is 0.847 bits per heavy atom. The molecule has 0 radical (unpaired) electrons. The molecule has 2 atom stereocenters. The minimum absolute atomic E-state index is 0.0215. The minimum Gasteiger partial charge on any atom is -0.466 e. The van der Waals surface area contributed by atoms with Gasteiger partial charge in [-0.3, -0.25) is 9.59 Å². The molecule has 0 saturated carbocycles. The molecule has 0 heterocycles. The molecule has 0 bridgehead atoms. The van der Waals surface area contributed by atoms with Gasteiger partial charge < -0.3 is 20.3 Å². The van der Waals surface area contributed by atoms with Gasteiger partial charge in [0.1, 0.15) is 0 Å². The van der Waals surface area contributed by atoms with Crippen LogP contribution in [0.5, 0.6) is 0 Å². The number of ether oxygens (including phenoxy) is 1. The molecule has 0 aliphatic rings. The molecule has 6 heteroatoms. The van der Waals surface area contributed by atoms with E-state index in [1.807, 2.05) is 0 Å². The first-order valence-electron chi connectivity index (χ1n) is 33.3. The molecule has 0 aromatic heterocycles. The van der Waals surface area contributed by atoms with E-state index in [9.17, 15) is 19.8 Å². The Morgan fingerprint density at radius 2 is 0.569 bits per heavy atom. The van der Waals surface area contributed by atoms with Crippen LogP contribution in [0.4, 0.5) is 0 Å². The third-order valence-corrected chi connectivity index (χ3v) is 15.9. The van der Waals surface area contributed by atoms with Crippen molar-refractivity contribution in [3.63, 3.8) is 0 Å². The fourth-order valence-electron chi connectivity index (χ4n) is 10.8. The predicted molar refractivity (Wildman–Crippen MR) is 315 cm³/mol. The highest BCUT2D eigenvalue weighted by Crippen LogP contribution is 2.19. The number of unbranched alkanes of at least 4 members (excludes halogenated alkanes) is 52. The van der Waals surface area contributed by atoms with E-state index in [2.05, 4.69) is 19.2 Å². The topological polar surface area (TPSA) is 95.9 Å². The van der Waals surface area contributed by atoms with Gasteiger partial charge in [-0.1, -0.05) is 348 Å². The summed E-state index contributed by atoms with van der Waals surface area (Å²) in [4.78, 5) is 24.6. The molecular weight excluding hydrogens is 887 g/mol. The predicted octanol–water partition coefficient (Wildman–Crippen LogP) is 21.0. The van der Waals surface area contributed by atoms with Crippen molar-refractivity contribution in [3.05, 3.63) is 0 Å². The molecule has 72 heavy (non-hydrogen) atoms. The molecule has 1 amide bonds. The summed E-state index contributed by atoms with van der Waals surface area (Å²) in [6.45, 7) is 4.99. The standard InChI is InChI=1S/C66H131NO5/c1-3-5-7-9-11-13-15-17-18-28-32-36-40-44-48-52-56-60-66(71)72-61-57-53-49-45-41-37-33-30-27-25-23-21-19-20-22-24-26-29-31-35-39-43-47-51-55-59-65(70)67-63(62-68)64(69)58-54-50-46-42-38-34-16-14-12-10-8-6-4-2/h63-64,68-69H,3-62H2,1-2H3,(H,67,70). The highest BCUT2D eigenvalue weighted by Gasteiger charge is 2.20. The summed E-state index contributed by atoms with van der Waals surface area (Å²) in [5.41, 5.74) is 0. The first kappa shape index (κ1) is 70.9. The van der Waals surface area contributed by atoms with Gasteiger partial charge in [-0.15, -0.1) is 0 Å². The number of esters is 1. The van der Waals surface area contributed by atoms with Crippen LogP contribution in [0.1, 0.15) is 386 Å². The number of hydrogen-bond acceptors (Lipinski definition) is 5. The Labute approximate surface area is 451 Å². The van der Waals surface area contributed by atoms with Crippen molar-refractivity contribution in [2.45, 2.75) is 398 Å². The van der Waals surface area contributed by atoms with Crippen LogP contribution in [0.15, 0.2) is 0 Å². The molecule has 0 aromatic carbocycles. The number of amides is 1. The fourth-order valence-corrected chi connectivity index (χ4v) is 10.8. The maximum absolute atomic E-state index is 12.5. The van der Waals surface area contributed by atoms with Gasteiger partial charge in [-0.25, -0.2) is 0 Å². The largest absolute Gasteiger partial charge is 0.466 e. The summed E-state index contributed by atoms with van der Waals surface area (Å²) in [5.74, 6) is -0.00915. The Balaban J connectivity index is 3.32. The van der Waals surface area contributed by atoms with Crippen LogP contribution in [-0.2, 0) is 14.3 Å². The van der Waals surface area contributed by atoms with Gasteiger partial charge in [0.2, 0.25) is 5.91 Å². The van der Waals surface area contributed by atoms with Crippen LogP contribution in [0, 0.1) is 0 Å². The van der Waals surface area contributed by atoms with Crippen LogP contribution in [0.2, 0.25) is 0 Å². The fraction of sp³-hybridized carbons (Fsp3) is 0.970. The second kappa shape index (κ2) is 62.4. The molecule has 3 N–H and O–H groups in total. The van der Waals surface area contributed by atoms with Gasteiger partial charge in [-0.2, -0.15) is 0 Å². The number of nitrogens with one attached hydrogen (secondary N) is 1. The lowest BCUT2D eigenvalue weighted by atomic mass is 10.0. The van der Waals surface area contributed by atoms with Crippen LogP contribution < -0.4 is 5.32 Å². The molecule has 0 fully saturated rings. The Morgan fingerprint density at radius 1 is 0.333 bits per heavy atom. The van der Waals surface area contributed by atoms with Gasteiger partial charge in [0.25, 0.3) is 0 Å². The number of hydrogen-bond donors (Lipinski definition) is 3. The van der Waals surface area contributed by atoms with E-state index in [1.165, 1.54) is 315 Å². The van der Waals surface area contributed by atoms with Crippen LogP contribution >= 0.6 is 0 Å². The van der Waals surface area contributed by atoms with Crippen molar-refractivity contribution in [1.82, 2.24) is 5.32 Å². The lowest BCUT2D eigenvalue weighted by Crippen LogP contribution is -2.45. The Hall–Kier alpha value is -1.14. The second-order valence-corrected chi connectivity index (χ2v) is 23.2. The number of carbonyl (C=O) groups is 2. The zero-order chi connectivity index (χ0) is 52.2. The first-order chi connectivity index (χ1) is 35.5. The summed E-state index contributed by atoms with van der Waals surface area (Å²) < 4.78 is 5.51. The number of aliphatic hydroxyl groups excluding tert-OH is 2. The monoisotopic (exact) mass is 1020 g/mol. The smallest absolute Gasteiger partial charge is 0.305 e. The van der Waals surface area contributed by atoms with E-state index in [0.29, 0.717) is 25.9 Å². The van der Waals surface area contributed by atoms with Gasteiger partial charge in [0, 0.05) is 12.8 Å². The van der Waals surface area contributed by atoms with E-state index < -0.39 is 12.1 Å². The van der Waals surface area contributed by atoms with Crippen LogP contribution in [-0.4, -0.2) is 47.4 Å². The van der Waals surface area contributed by atoms with E-state index >= 15 is 0 Å². The van der Waals surface area contributed by atoms with Crippen molar-refractivity contribution in [2.75, 3.05) is 13.2 Å². The highest BCUT2D eigenvalue weighted by molar-refractivity contribution is 5.76. The third kappa shape index (κ3) is 58.1. The van der Waals surface area contributed by atoms with Crippen molar-refractivity contribution in [3.8, 4) is 0 Å². The van der Waals surface area contributed by atoms with E-state index in [1.54, 1.807) is 0 Å². The molecule has 0 aliphatic carbocycles. The minimum atomic E-state index is -0.661. The molecule has 0 aromatic rings. The van der Waals surface area contributed by atoms with Crippen molar-refractivity contribution in [1.29, 1.82) is 0 Å². The van der Waals surface area contributed by atoms with Gasteiger partial charge in [-0.05, 0) is 25.7 Å². The van der Waals surface area contributed by atoms with Gasteiger partial charge in [0.05, 0.1) is 25.4 Å². The highest BCUT2D eigenvalue weighted by atomic mass is 16.5. The lowest BCUT2D eigenvalue weighted by Gasteiger charge is -2.22. The zero-order valence-electron chi connectivity index (χ0n) is 49.2. The Kier molecular flexibility index (Phi) is 61.4. The summed E-state index contributed by atoms with van der Waals surface area (Å²) in [6.07, 6.45) is 74.2. The van der Waals surface area contributed by atoms with Crippen molar-refractivity contribution < 1.29 is 24.5 Å². The second-order valence-electron chi connectivity index (χ2n) is 23.2. The third-order valence-electron chi connectivity index (χ3n) is 15.9. The summed E-state index contributed by atoms with van der Waals surface area (Å²) >= 11 is 0. The average Bonchev–Trinajstić information content (AvgIpc) is 3.38. The normalized spacial score (nSPS) is 12.4. The maximum atomic E-state index is 12.5. The van der Waals surface area contributed by atoms with Gasteiger partial charge >= 0.3 is 5.97 Å². The van der Waals surface area contributed by atoms with Crippen LogP contribution in [0.25, 0.3) is 0 Å². The van der Waals surface area contributed by atoms with E-state index in [-0.39, 0.29) is 18.5 Å². The number of rotatable bonds is 63. The van der Waals surface area contributed by atoms with E-state index in [4.69, 9.17) is 4.74 Å². The number of aliphatic hydroxyl groups is 2.